The summed E-state index contributed by atoms with van der Waals surface area (Å²) in [6.07, 6.45) is 0.959. The van der Waals surface area contributed by atoms with E-state index in [4.69, 9.17) is 4.74 Å². The average molecular weight is 462 g/mol. The van der Waals surface area contributed by atoms with Gasteiger partial charge in [-0.1, -0.05) is 0 Å². The van der Waals surface area contributed by atoms with Gasteiger partial charge in [-0.25, -0.2) is 17.6 Å². The van der Waals surface area contributed by atoms with E-state index in [2.05, 4.69) is 0 Å². The average Bonchev–Trinajstić information content (AvgIpc) is 3.28. The Balaban J connectivity index is 1.32. The number of hydrogen-bond donors (Lipinski definition) is 0. The first-order valence-corrected chi connectivity index (χ1v) is 10.9. The number of ether oxygens (including phenoxy) is 1. The van der Waals surface area contributed by atoms with E-state index in [0.29, 0.717) is 18.4 Å². The normalized spacial score (nSPS) is 24.0. The van der Waals surface area contributed by atoms with Crippen LogP contribution in [0.5, 0.6) is 0 Å². The maximum absolute atomic E-state index is 14.3. The van der Waals surface area contributed by atoms with Crippen LogP contribution >= 0.6 is 0 Å². The molecule has 0 aliphatic carbocycles. The second kappa shape index (κ2) is 7.83. The summed E-state index contributed by atoms with van der Waals surface area (Å²) in [5, 5.41) is 0. The van der Waals surface area contributed by atoms with Gasteiger partial charge in [-0.15, -0.1) is 0 Å². The van der Waals surface area contributed by atoms with Crippen molar-refractivity contribution in [2.24, 2.45) is 0 Å². The van der Waals surface area contributed by atoms with Gasteiger partial charge in [0.15, 0.2) is 5.60 Å². The van der Waals surface area contributed by atoms with E-state index in [1.807, 2.05) is 0 Å². The first-order chi connectivity index (χ1) is 15.7. The molecule has 5 nitrogen and oxygen atoms in total. The molecule has 0 unspecified atom stereocenters. The van der Waals surface area contributed by atoms with Gasteiger partial charge in [-0.05, 0) is 55.2 Å². The molecule has 2 aromatic rings. The van der Waals surface area contributed by atoms with Crippen LogP contribution in [0.3, 0.4) is 0 Å². The van der Waals surface area contributed by atoms with Crippen LogP contribution < -0.4 is 0 Å². The predicted molar refractivity (Wildman–Crippen MR) is 109 cm³/mol. The number of hydrogen-bond acceptors (Lipinski definition) is 3. The summed E-state index contributed by atoms with van der Waals surface area (Å²) in [5.74, 6) is -3.77. The van der Waals surface area contributed by atoms with Crippen LogP contribution in [0, 0.1) is 30.2 Å². The number of halogens is 4. The summed E-state index contributed by atoms with van der Waals surface area (Å²) >= 11 is 0. The van der Waals surface area contributed by atoms with Crippen LogP contribution in [0.25, 0.3) is 0 Å². The molecule has 0 bridgehead atoms. The Morgan fingerprint density at radius 2 is 1.64 bits per heavy atom. The summed E-state index contributed by atoms with van der Waals surface area (Å²) in [6, 6.07) is 4.64. The molecule has 3 aliphatic heterocycles. The molecule has 0 radical (unpaired) electrons. The molecule has 2 aromatic carbocycles. The summed E-state index contributed by atoms with van der Waals surface area (Å²) < 4.78 is 61.8. The number of likely N-dealkylation sites (tertiary alicyclic amines) is 1. The molecule has 3 fully saturated rings. The Labute approximate surface area is 187 Å². The summed E-state index contributed by atoms with van der Waals surface area (Å²) in [4.78, 5) is 29.1. The van der Waals surface area contributed by atoms with Crippen molar-refractivity contribution in [3.63, 3.8) is 0 Å². The van der Waals surface area contributed by atoms with Crippen LogP contribution in [0.4, 0.5) is 17.6 Å². The number of nitrogens with zero attached hydrogens (tertiary/aromatic N) is 2. The Bertz CT molecular complexity index is 1130. The fourth-order valence-corrected chi connectivity index (χ4v) is 5.19. The third-order valence-electron chi connectivity index (χ3n) is 6.93. The second-order valence-corrected chi connectivity index (χ2v) is 8.95. The standard InChI is InChI=1S/C24H22F4N2O3/c1-13-8-19(28)17(12-18(13)27)22(31)29-6-4-24(5-7-29)23(32)30-20(2-3-21(30)33-24)14-9-15(25)11-16(26)10-14/h8-12,20-21H,2-7H2,1H3/t20-,21+/m0/s1. The molecule has 5 rings (SSSR count). The molecule has 33 heavy (non-hydrogen) atoms. The van der Waals surface area contributed by atoms with Crippen LogP contribution in [0.15, 0.2) is 30.3 Å². The van der Waals surface area contributed by atoms with Gasteiger partial charge >= 0.3 is 0 Å². The van der Waals surface area contributed by atoms with Gasteiger partial charge in [0.1, 0.15) is 29.5 Å². The first kappa shape index (κ1) is 21.9. The van der Waals surface area contributed by atoms with Gasteiger partial charge < -0.3 is 14.5 Å². The smallest absolute Gasteiger partial charge is 0.257 e. The molecule has 0 saturated carbocycles. The Morgan fingerprint density at radius 3 is 2.30 bits per heavy atom. The fraction of sp³-hybridized carbons (Fsp3) is 0.417. The van der Waals surface area contributed by atoms with Crippen LogP contribution in [-0.2, 0) is 9.53 Å². The number of aryl methyl sites for hydroxylation is 1. The molecule has 1 spiro atoms. The number of carbonyl (C=O) groups is 2. The van der Waals surface area contributed by atoms with Crippen molar-refractivity contribution in [1.82, 2.24) is 9.80 Å². The molecule has 174 valence electrons. The van der Waals surface area contributed by atoms with Crippen molar-refractivity contribution >= 4 is 11.8 Å². The Morgan fingerprint density at radius 1 is 0.970 bits per heavy atom. The highest BCUT2D eigenvalue weighted by molar-refractivity contribution is 5.95. The number of piperidine rings is 1. The lowest BCUT2D eigenvalue weighted by Gasteiger charge is -2.37. The molecule has 0 aromatic heterocycles. The van der Waals surface area contributed by atoms with Crippen molar-refractivity contribution in [3.05, 3.63) is 70.3 Å². The van der Waals surface area contributed by atoms with E-state index in [1.54, 1.807) is 4.90 Å². The van der Waals surface area contributed by atoms with Gasteiger partial charge in [-0.3, -0.25) is 9.59 Å². The van der Waals surface area contributed by atoms with Crippen molar-refractivity contribution < 1.29 is 31.9 Å². The van der Waals surface area contributed by atoms with Crippen molar-refractivity contribution in [1.29, 1.82) is 0 Å². The lowest BCUT2D eigenvalue weighted by Crippen LogP contribution is -2.51. The Hall–Kier alpha value is -2.94. The maximum atomic E-state index is 14.3. The molecule has 3 aliphatic rings. The highest BCUT2D eigenvalue weighted by atomic mass is 19.1. The van der Waals surface area contributed by atoms with Gasteiger partial charge in [0.2, 0.25) is 0 Å². The fourth-order valence-electron chi connectivity index (χ4n) is 5.19. The minimum absolute atomic E-state index is 0.111. The molecule has 0 N–H and O–H groups in total. The maximum Gasteiger partial charge on any atom is 0.257 e. The molecule has 3 heterocycles. The van der Waals surface area contributed by atoms with E-state index in [9.17, 15) is 27.2 Å². The number of benzene rings is 2. The van der Waals surface area contributed by atoms with Gasteiger partial charge in [0.05, 0.1) is 11.6 Å². The number of fused-ring (bicyclic) bond motifs is 1. The van der Waals surface area contributed by atoms with Crippen molar-refractivity contribution in [3.8, 4) is 0 Å². The van der Waals surface area contributed by atoms with Gasteiger partial charge in [0.25, 0.3) is 11.8 Å². The minimum atomic E-state index is -1.14. The Kier molecular flexibility index (Phi) is 5.19. The topological polar surface area (TPSA) is 49.9 Å². The van der Waals surface area contributed by atoms with Crippen LogP contribution in [0.2, 0.25) is 0 Å². The minimum Gasteiger partial charge on any atom is -0.342 e. The van der Waals surface area contributed by atoms with E-state index < -0.39 is 47.0 Å². The summed E-state index contributed by atoms with van der Waals surface area (Å²) in [5.41, 5.74) is -0.988. The zero-order chi connectivity index (χ0) is 23.5. The lowest BCUT2D eigenvalue weighted by atomic mass is 9.89. The number of amides is 2. The zero-order valence-electron chi connectivity index (χ0n) is 17.9. The lowest BCUT2D eigenvalue weighted by molar-refractivity contribution is -0.142. The zero-order valence-corrected chi connectivity index (χ0v) is 17.9. The second-order valence-electron chi connectivity index (χ2n) is 8.95. The summed E-state index contributed by atoms with van der Waals surface area (Å²) in [6.45, 7) is 1.69. The number of rotatable bonds is 2. The molecule has 9 heteroatoms. The SMILES string of the molecule is Cc1cc(F)c(C(=O)N2CCC3(CC2)O[C@@H]2CC[C@@H](c4cc(F)cc(F)c4)N2C3=O)cc1F. The molecular formula is C24H22F4N2O3. The highest BCUT2D eigenvalue weighted by Crippen LogP contribution is 2.47. The molecular weight excluding hydrogens is 440 g/mol. The molecule has 3 saturated heterocycles. The van der Waals surface area contributed by atoms with E-state index >= 15 is 0 Å². The van der Waals surface area contributed by atoms with E-state index in [1.165, 1.54) is 24.0 Å². The monoisotopic (exact) mass is 462 g/mol. The predicted octanol–water partition coefficient (Wildman–Crippen LogP) is 4.25. The van der Waals surface area contributed by atoms with Crippen molar-refractivity contribution in [2.75, 3.05) is 13.1 Å². The van der Waals surface area contributed by atoms with Crippen LogP contribution in [0.1, 0.15) is 53.2 Å². The van der Waals surface area contributed by atoms with Gasteiger partial charge in [0, 0.05) is 32.0 Å². The summed E-state index contributed by atoms with van der Waals surface area (Å²) in [7, 11) is 0. The van der Waals surface area contributed by atoms with E-state index in [0.717, 1.165) is 18.2 Å². The van der Waals surface area contributed by atoms with Crippen LogP contribution in [-0.4, -0.2) is 46.5 Å². The third kappa shape index (κ3) is 3.58. The molecule has 2 amide bonds. The highest BCUT2D eigenvalue weighted by Gasteiger charge is 2.58. The molecule has 2 atom stereocenters. The van der Waals surface area contributed by atoms with Gasteiger partial charge in [-0.2, -0.15) is 0 Å². The number of carbonyl (C=O) groups excluding carboxylic acids is 2. The quantitative estimate of drug-likeness (QED) is 0.628. The van der Waals surface area contributed by atoms with E-state index in [-0.39, 0.29) is 43.0 Å². The third-order valence-corrected chi connectivity index (χ3v) is 6.93. The largest absolute Gasteiger partial charge is 0.342 e. The van der Waals surface area contributed by atoms with Crippen molar-refractivity contribution in [2.45, 2.75) is 50.5 Å². The first-order valence-electron chi connectivity index (χ1n) is 10.9.